The lowest BCUT2D eigenvalue weighted by Gasteiger charge is -2.21. The lowest BCUT2D eigenvalue weighted by Crippen LogP contribution is -2.29. The molecule has 1 aromatic heterocycles. The summed E-state index contributed by atoms with van der Waals surface area (Å²) < 4.78 is 41.2. The van der Waals surface area contributed by atoms with E-state index in [9.17, 15) is 23.1 Å². The van der Waals surface area contributed by atoms with Crippen molar-refractivity contribution >= 4 is 16.7 Å². The molecule has 0 amide bonds. The van der Waals surface area contributed by atoms with Gasteiger partial charge >= 0.3 is 11.9 Å². The number of anilines is 1. The van der Waals surface area contributed by atoms with E-state index in [0.29, 0.717) is 29.9 Å². The Morgan fingerprint density at radius 3 is 2.57 bits per heavy atom. The van der Waals surface area contributed by atoms with Crippen molar-refractivity contribution in [2.75, 3.05) is 18.0 Å². The molecule has 0 aliphatic carbocycles. The lowest BCUT2D eigenvalue weighted by atomic mass is 10.1. The number of rotatable bonds is 2. The van der Waals surface area contributed by atoms with Gasteiger partial charge in [-0.1, -0.05) is 18.2 Å². The largest absolute Gasteiger partial charge is 0.416 e. The van der Waals surface area contributed by atoms with Crippen LogP contribution in [0.25, 0.3) is 16.6 Å². The van der Waals surface area contributed by atoms with Crippen LogP contribution in [0.15, 0.2) is 47.3 Å². The number of nitrogens with zero attached hydrogens (tertiary/aromatic N) is 3. The summed E-state index contributed by atoms with van der Waals surface area (Å²) in [6.07, 6.45) is -4.57. The first kappa shape index (κ1) is 18.5. The van der Waals surface area contributed by atoms with Crippen molar-refractivity contribution in [2.24, 2.45) is 0 Å². The minimum Gasteiger partial charge on any atom is -0.391 e. The topological polar surface area (TPSA) is 58.4 Å². The zero-order chi connectivity index (χ0) is 20.1. The highest BCUT2D eigenvalue weighted by Crippen LogP contribution is 2.34. The van der Waals surface area contributed by atoms with Crippen LogP contribution >= 0.6 is 0 Å². The Morgan fingerprint density at radius 1 is 1.18 bits per heavy atom. The number of benzene rings is 2. The molecule has 0 saturated carbocycles. The van der Waals surface area contributed by atoms with Gasteiger partial charge in [0.15, 0.2) is 0 Å². The third-order valence-electron chi connectivity index (χ3n) is 5.02. The van der Waals surface area contributed by atoms with Crippen LogP contribution in [0.2, 0.25) is 0 Å². The van der Waals surface area contributed by atoms with Gasteiger partial charge in [0.25, 0.3) is 0 Å². The Hall–Kier alpha value is -2.87. The molecule has 0 bridgehead atoms. The van der Waals surface area contributed by atoms with E-state index >= 15 is 0 Å². The molecule has 1 fully saturated rings. The van der Waals surface area contributed by atoms with Gasteiger partial charge in [0, 0.05) is 18.5 Å². The lowest BCUT2D eigenvalue weighted by molar-refractivity contribution is -0.137. The number of alkyl halides is 3. The highest BCUT2D eigenvalue weighted by Gasteiger charge is 2.32. The molecule has 1 aliphatic rings. The maximum Gasteiger partial charge on any atom is 0.416 e. The molecule has 1 saturated heterocycles. The van der Waals surface area contributed by atoms with Gasteiger partial charge in [-0.15, -0.1) is 0 Å². The first-order chi connectivity index (χ1) is 13.3. The zero-order valence-electron chi connectivity index (χ0n) is 15.1. The molecule has 4 rings (SSSR count). The maximum atomic E-state index is 13.3. The second-order valence-corrected chi connectivity index (χ2v) is 6.96. The van der Waals surface area contributed by atoms with Crippen LogP contribution in [0.4, 0.5) is 19.0 Å². The molecule has 0 spiro atoms. The molecule has 1 atom stereocenters. The molecule has 8 heteroatoms. The number of aryl methyl sites for hydroxylation is 1. The van der Waals surface area contributed by atoms with Crippen LogP contribution in [-0.4, -0.2) is 33.9 Å². The van der Waals surface area contributed by atoms with Crippen molar-refractivity contribution in [3.05, 3.63) is 64.1 Å². The number of aliphatic hydroxyl groups is 1. The van der Waals surface area contributed by atoms with Crippen LogP contribution < -0.4 is 10.6 Å². The van der Waals surface area contributed by atoms with Crippen LogP contribution in [0, 0.1) is 6.92 Å². The summed E-state index contributed by atoms with van der Waals surface area (Å²) in [5, 5.41) is 10.3. The van der Waals surface area contributed by atoms with Crippen molar-refractivity contribution in [1.29, 1.82) is 0 Å². The summed E-state index contributed by atoms with van der Waals surface area (Å²) >= 11 is 0. The average molecular weight is 389 g/mol. The predicted octanol–water partition coefficient (Wildman–Crippen LogP) is 3.28. The number of hydrogen-bond acceptors (Lipinski definition) is 4. The molecule has 1 N–H and O–H groups in total. The maximum absolute atomic E-state index is 13.3. The van der Waals surface area contributed by atoms with Gasteiger partial charge in [0.2, 0.25) is 0 Å². The summed E-state index contributed by atoms with van der Waals surface area (Å²) in [5.74, 6) is 0.301. The molecule has 1 aliphatic heterocycles. The van der Waals surface area contributed by atoms with E-state index in [4.69, 9.17) is 0 Å². The molecule has 2 aromatic carbocycles. The quantitative estimate of drug-likeness (QED) is 0.731. The number of para-hydroxylation sites is 1. The SMILES string of the molecule is Cc1ccccc1-n1c(=O)nc(N2CCC(O)C2)c2ccc(C(F)(F)F)cc21. The van der Waals surface area contributed by atoms with Gasteiger partial charge in [-0.2, -0.15) is 18.2 Å². The second kappa shape index (κ2) is 6.63. The number of β-amino-alcohol motifs (C(OH)–C–C–N with tert-alkyl or cyclic N) is 1. The van der Waals surface area contributed by atoms with Gasteiger partial charge in [0.05, 0.1) is 22.9 Å². The Morgan fingerprint density at radius 2 is 1.93 bits per heavy atom. The molecule has 5 nitrogen and oxygen atoms in total. The normalized spacial score (nSPS) is 17.5. The molecule has 3 aromatic rings. The summed E-state index contributed by atoms with van der Waals surface area (Å²) in [7, 11) is 0. The van der Waals surface area contributed by atoms with Gasteiger partial charge in [-0.05, 0) is 43.2 Å². The fourth-order valence-corrected chi connectivity index (χ4v) is 3.61. The molecule has 28 heavy (non-hydrogen) atoms. The highest BCUT2D eigenvalue weighted by molar-refractivity contribution is 5.91. The summed E-state index contributed by atoms with van der Waals surface area (Å²) in [4.78, 5) is 18.8. The van der Waals surface area contributed by atoms with Crippen molar-refractivity contribution in [3.8, 4) is 5.69 Å². The zero-order valence-corrected chi connectivity index (χ0v) is 15.1. The number of aromatic nitrogens is 2. The van der Waals surface area contributed by atoms with Crippen LogP contribution in [0.5, 0.6) is 0 Å². The van der Waals surface area contributed by atoms with Gasteiger partial charge in [-0.25, -0.2) is 4.79 Å². The van der Waals surface area contributed by atoms with Gasteiger partial charge in [-0.3, -0.25) is 4.57 Å². The number of halogens is 3. The van der Waals surface area contributed by atoms with E-state index in [-0.39, 0.29) is 12.1 Å². The van der Waals surface area contributed by atoms with E-state index in [0.717, 1.165) is 17.7 Å². The number of hydrogen-bond donors (Lipinski definition) is 1. The predicted molar refractivity (Wildman–Crippen MR) is 99.9 cm³/mol. The van der Waals surface area contributed by atoms with Crippen molar-refractivity contribution < 1.29 is 18.3 Å². The minimum atomic E-state index is -4.53. The molecule has 146 valence electrons. The Kier molecular flexibility index (Phi) is 4.38. The van der Waals surface area contributed by atoms with Crippen molar-refractivity contribution in [1.82, 2.24) is 9.55 Å². The monoisotopic (exact) mass is 389 g/mol. The molecular weight excluding hydrogens is 371 g/mol. The van der Waals surface area contributed by atoms with E-state index < -0.39 is 23.5 Å². The highest BCUT2D eigenvalue weighted by atomic mass is 19.4. The van der Waals surface area contributed by atoms with E-state index in [2.05, 4.69) is 4.98 Å². The fraction of sp³-hybridized carbons (Fsp3) is 0.300. The van der Waals surface area contributed by atoms with E-state index in [1.165, 1.54) is 10.6 Å². The van der Waals surface area contributed by atoms with Crippen molar-refractivity contribution in [2.45, 2.75) is 25.6 Å². The molecule has 2 heterocycles. The molecule has 0 radical (unpaired) electrons. The molecule has 1 unspecified atom stereocenters. The first-order valence-electron chi connectivity index (χ1n) is 8.89. The Balaban J connectivity index is 2.05. The molecular formula is C20H18F3N3O2. The van der Waals surface area contributed by atoms with Crippen LogP contribution in [0.1, 0.15) is 17.5 Å². The number of aliphatic hydroxyl groups excluding tert-OH is 1. The standard InChI is InChI=1S/C20H18F3N3O2/c1-12-4-2-3-5-16(12)26-17-10-13(20(21,22)23)6-7-15(17)18(24-19(26)28)25-9-8-14(27)11-25/h2-7,10,14,27H,8-9,11H2,1H3. The van der Waals surface area contributed by atoms with E-state index in [1.54, 1.807) is 36.1 Å². The summed E-state index contributed by atoms with van der Waals surface area (Å²) in [6.45, 7) is 2.56. The van der Waals surface area contributed by atoms with Crippen molar-refractivity contribution in [3.63, 3.8) is 0 Å². The Labute approximate surface area is 158 Å². The van der Waals surface area contributed by atoms with Crippen LogP contribution in [-0.2, 0) is 6.18 Å². The summed E-state index contributed by atoms with van der Waals surface area (Å²) in [5.41, 5.74) is -0.120. The van der Waals surface area contributed by atoms with E-state index in [1.807, 2.05) is 0 Å². The third kappa shape index (κ3) is 3.13. The Bertz CT molecular complexity index is 1110. The van der Waals surface area contributed by atoms with Gasteiger partial charge < -0.3 is 10.0 Å². The second-order valence-electron chi connectivity index (χ2n) is 6.96. The van der Waals surface area contributed by atoms with Gasteiger partial charge in [0.1, 0.15) is 5.82 Å². The fourth-order valence-electron chi connectivity index (χ4n) is 3.61. The smallest absolute Gasteiger partial charge is 0.391 e. The van der Waals surface area contributed by atoms with Crippen LogP contribution in [0.3, 0.4) is 0 Å². The first-order valence-corrected chi connectivity index (χ1v) is 8.89. The third-order valence-corrected chi connectivity index (χ3v) is 5.02. The average Bonchev–Trinajstić information content (AvgIpc) is 3.07. The summed E-state index contributed by atoms with van der Waals surface area (Å²) in [6, 6.07) is 10.3. The number of fused-ring (bicyclic) bond motifs is 1. The minimum absolute atomic E-state index is 0.139.